The maximum absolute atomic E-state index is 12.1. The van der Waals surface area contributed by atoms with Crippen LogP contribution in [-0.4, -0.2) is 54.9 Å². The second-order valence-corrected chi connectivity index (χ2v) is 5.73. The smallest absolute Gasteiger partial charge is 0.164 e. The Hall–Kier alpha value is -1.19. The van der Waals surface area contributed by atoms with Crippen LogP contribution in [0.15, 0.2) is 30.3 Å². The maximum Gasteiger partial charge on any atom is 0.164 e. The van der Waals surface area contributed by atoms with Crippen LogP contribution >= 0.6 is 0 Å². The summed E-state index contributed by atoms with van der Waals surface area (Å²) in [6.07, 6.45) is 3.22. The molecule has 0 saturated carbocycles. The Morgan fingerprint density at radius 3 is 2.80 bits per heavy atom. The predicted molar refractivity (Wildman–Crippen MR) is 83.2 cm³/mol. The van der Waals surface area contributed by atoms with Crippen LogP contribution in [0.3, 0.4) is 0 Å². The minimum absolute atomic E-state index is 0.246. The van der Waals surface area contributed by atoms with E-state index in [0.29, 0.717) is 12.5 Å². The number of rotatable bonds is 7. The Balaban J connectivity index is 1.75. The highest BCUT2D eigenvalue weighted by atomic mass is 16.1. The molecule has 0 aliphatic carbocycles. The van der Waals surface area contributed by atoms with E-state index < -0.39 is 0 Å². The lowest BCUT2D eigenvalue weighted by Crippen LogP contribution is -2.39. The second kappa shape index (κ2) is 7.55. The van der Waals surface area contributed by atoms with Crippen molar-refractivity contribution < 1.29 is 4.79 Å². The van der Waals surface area contributed by atoms with Gasteiger partial charge in [-0.1, -0.05) is 37.3 Å². The topological polar surface area (TPSA) is 23.6 Å². The number of nitrogens with zero attached hydrogens (tertiary/aromatic N) is 2. The molecule has 110 valence electrons. The summed E-state index contributed by atoms with van der Waals surface area (Å²) >= 11 is 0. The summed E-state index contributed by atoms with van der Waals surface area (Å²) in [4.78, 5) is 16.9. The van der Waals surface area contributed by atoms with Gasteiger partial charge in [-0.25, -0.2) is 0 Å². The van der Waals surface area contributed by atoms with Crippen molar-refractivity contribution >= 4 is 5.78 Å². The van der Waals surface area contributed by atoms with Crippen LogP contribution in [0, 0.1) is 0 Å². The highest BCUT2D eigenvalue weighted by Gasteiger charge is 2.23. The first kappa shape index (κ1) is 15.2. The van der Waals surface area contributed by atoms with E-state index >= 15 is 0 Å². The number of carbonyl (C=O) groups is 1. The van der Waals surface area contributed by atoms with Gasteiger partial charge >= 0.3 is 0 Å². The fraction of sp³-hybridized carbons (Fsp3) is 0.588. The SMILES string of the molecule is CCN1CCCC1CN(C)CCC(=O)c1ccccc1. The quantitative estimate of drug-likeness (QED) is 0.714. The highest BCUT2D eigenvalue weighted by Crippen LogP contribution is 2.17. The number of likely N-dealkylation sites (tertiary alicyclic amines) is 1. The number of carbonyl (C=O) groups excluding carboxylic acids is 1. The monoisotopic (exact) mass is 274 g/mol. The standard InChI is InChI=1S/C17H26N2O/c1-3-19-12-7-10-16(19)14-18(2)13-11-17(20)15-8-5-4-6-9-15/h4-6,8-9,16H,3,7,10-14H2,1-2H3. The summed E-state index contributed by atoms with van der Waals surface area (Å²) in [6, 6.07) is 10.3. The van der Waals surface area contributed by atoms with E-state index in [1.54, 1.807) is 0 Å². The molecule has 0 aromatic heterocycles. The number of hydrogen-bond donors (Lipinski definition) is 0. The molecule has 0 spiro atoms. The van der Waals surface area contributed by atoms with Crippen molar-refractivity contribution in [1.29, 1.82) is 0 Å². The van der Waals surface area contributed by atoms with E-state index in [1.807, 2.05) is 30.3 Å². The van der Waals surface area contributed by atoms with Crippen LogP contribution in [0.1, 0.15) is 36.5 Å². The summed E-state index contributed by atoms with van der Waals surface area (Å²) in [6.45, 7) is 6.54. The summed E-state index contributed by atoms with van der Waals surface area (Å²) < 4.78 is 0. The van der Waals surface area contributed by atoms with Gasteiger partial charge in [0, 0.05) is 31.1 Å². The summed E-state index contributed by atoms with van der Waals surface area (Å²) in [5, 5.41) is 0. The number of Topliss-reactive ketones (excluding diaryl/α,β-unsaturated/α-hetero) is 1. The van der Waals surface area contributed by atoms with Gasteiger partial charge in [-0.15, -0.1) is 0 Å². The molecule has 1 aromatic carbocycles. The minimum atomic E-state index is 0.246. The Labute approximate surface area is 122 Å². The predicted octanol–water partition coefficient (Wildman–Crippen LogP) is 2.68. The fourth-order valence-corrected chi connectivity index (χ4v) is 3.03. The zero-order valence-electron chi connectivity index (χ0n) is 12.7. The molecule has 2 rings (SSSR count). The molecule has 1 unspecified atom stereocenters. The first-order valence-electron chi connectivity index (χ1n) is 7.71. The first-order chi connectivity index (χ1) is 9.70. The molecule has 0 bridgehead atoms. The Bertz CT molecular complexity index is 418. The zero-order valence-corrected chi connectivity index (χ0v) is 12.7. The average molecular weight is 274 g/mol. The third kappa shape index (κ3) is 4.15. The second-order valence-electron chi connectivity index (χ2n) is 5.73. The molecule has 3 heteroatoms. The van der Waals surface area contributed by atoms with Gasteiger partial charge in [0.25, 0.3) is 0 Å². The maximum atomic E-state index is 12.1. The molecular formula is C17H26N2O. The van der Waals surface area contributed by atoms with Crippen molar-refractivity contribution in [3.8, 4) is 0 Å². The molecule has 0 amide bonds. The summed E-state index contributed by atoms with van der Waals surface area (Å²) in [7, 11) is 2.13. The summed E-state index contributed by atoms with van der Waals surface area (Å²) in [5.74, 6) is 0.246. The van der Waals surface area contributed by atoms with E-state index in [4.69, 9.17) is 0 Å². The van der Waals surface area contributed by atoms with Gasteiger partial charge in [-0.3, -0.25) is 9.69 Å². The van der Waals surface area contributed by atoms with Crippen LogP contribution in [0.4, 0.5) is 0 Å². The van der Waals surface area contributed by atoms with Gasteiger partial charge in [-0.05, 0) is 33.0 Å². The third-order valence-electron chi connectivity index (χ3n) is 4.24. The Morgan fingerprint density at radius 1 is 1.35 bits per heavy atom. The van der Waals surface area contributed by atoms with Crippen molar-refractivity contribution in [1.82, 2.24) is 9.80 Å². The molecule has 1 atom stereocenters. The van der Waals surface area contributed by atoms with E-state index in [0.717, 1.165) is 25.2 Å². The highest BCUT2D eigenvalue weighted by molar-refractivity contribution is 5.96. The van der Waals surface area contributed by atoms with E-state index in [2.05, 4.69) is 23.8 Å². The van der Waals surface area contributed by atoms with Crippen LogP contribution in [-0.2, 0) is 0 Å². The molecule has 0 radical (unpaired) electrons. The largest absolute Gasteiger partial charge is 0.304 e. The van der Waals surface area contributed by atoms with Crippen molar-refractivity contribution in [3.05, 3.63) is 35.9 Å². The van der Waals surface area contributed by atoms with Crippen LogP contribution in [0.2, 0.25) is 0 Å². The third-order valence-corrected chi connectivity index (χ3v) is 4.24. The average Bonchev–Trinajstić information content (AvgIpc) is 2.92. The van der Waals surface area contributed by atoms with Crippen LogP contribution in [0.5, 0.6) is 0 Å². The molecule has 1 aliphatic heterocycles. The normalized spacial score (nSPS) is 19.6. The van der Waals surface area contributed by atoms with Crippen molar-refractivity contribution in [2.45, 2.75) is 32.2 Å². The van der Waals surface area contributed by atoms with Gasteiger partial charge in [0.2, 0.25) is 0 Å². The lowest BCUT2D eigenvalue weighted by molar-refractivity contribution is 0.0963. The van der Waals surface area contributed by atoms with Gasteiger partial charge in [0.05, 0.1) is 0 Å². The molecule has 0 N–H and O–H groups in total. The van der Waals surface area contributed by atoms with E-state index in [-0.39, 0.29) is 5.78 Å². The lowest BCUT2D eigenvalue weighted by Gasteiger charge is -2.27. The van der Waals surface area contributed by atoms with Gasteiger partial charge < -0.3 is 4.90 Å². The minimum Gasteiger partial charge on any atom is -0.304 e. The molecule has 1 aromatic rings. The molecule has 1 saturated heterocycles. The van der Waals surface area contributed by atoms with Crippen molar-refractivity contribution in [2.24, 2.45) is 0 Å². The molecule has 1 aliphatic rings. The van der Waals surface area contributed by atoms with Crippen molar-refractivity contribution in [3.63, 3.8) is 0 Å². The Kier molecular flexibility index (Phi) is 5.74. The molecule has 3 nitrogen and oxygen atoms in total. The van der Waals surface area contributed by atoms with Gasteiger partial charge in [0.1, 0.15) is 0 Å². The Morgan fingerprint density at radius 2 is 2.10 bits per heavy atom. The molecular weight excluding hydrogens is 248 g/mol. The lowest BCUT2D eigenvalue weighted by atomic mass is 10.1. The van der Waals surface area contributed by atoms with Crippen LogP contribution in [0.25, 0.3) is 0 Å². The van der Waals surface area contributed by atoms with E-state index in [9.17, 15) is 4.79 Å². The first-order valence-corrected chi connectivity index (χ1v) is 7.71. The number of hydrogen-bond acceptors (Lipinski definition) is 3. The molecule has 20 heavy (non-hydrogen) atoms. The summed E-state index contributed by atoms with van der Waals surface area (Å²) in [5.41, 5.74) is 0.831. The van der Waals surface area contributed by atoms with Gasteiger partial charge in [-0.2, -0.15) is 0 Å². The molecule has 1 fully saturated rings. The van der Waals surface area contributed by atoms with Gasteiger partial charge in [0.15, 0.2) is 5.78 Å². The fourth-order valence-electron chi connectivity index (χ4n) is 3.03. The van der Waals surface area contributed by atoms with Crippen LogP contribution < -0.4 is 0 Å². The van der Waals surface area contributed by atoms with Crippen molar-refractivity contribution in [2.75, 3.05) is 33.2 Å². The number of benzene rings is 1. The number of likely N-dealkylation sites (N-methyl/N-ethyl adjacent to an activating group) is 2. The number of ketones is 1. The molecule has 1 heterocycles. The zero-order chi connectivity index (χ0) is 14.4. The van der Waals surface area contributed by atoms with E-state index in [1.165, 1.54) is 19.4 Å².